The number of nitrogens with zero attached hydrogens (tertiary/aromatic N) is 1. The van der Waals surface area contributed by atoms with Crippen LogP contribution in [0, 0.1) is 5.92 Å². The summed E-state index contributed by atoms with van der Waals surface area (Å²) in [7, 11) is 0. The Labute approximate surface area is 87.6 Å². The molecule has 0 spiro atoms. The molecule has 2 saturated heterocycles. The van der Waals surface area contributed by atoms with Crippen molar-refractivity contribution < 1.29 is 4.74 Å². The summed E-state index contributed by atoms with van der Waals surface area (Å²) < 4.78 is 5.81. The van der Waals surface area contributed by atoms with Crippen molar-refractivity contribution in [2.45, 2.75) is 51.7 Å². The molecule has 2 unspecified atom stereocenters. The van der Waals surface area contributed by atoms with Gasteiger partial charge in [-0.3, -0.25) is 4.90 Å². The molecule has 0 aromatic heterocycles. The molecule has 82 valence electrons. The van der Waals surface area contributed by atoms with Crippen molar-refractivity contribution in [1.29, 1.82) is 0 Å². The molecule has 0 N–H and O–H groups in total. The normalized spacial score (nSPS) is 32.8. The van der Waals surface area contributed by atoms with Gasteiger partial charge < -0.3 is 4.74 Å². The largest absolute Gasteiger partial charge is 0.372 e. The zero-order valence-corrected chi connectivity index (χ0v) is 9.54. The van der Waals surface area contributed by atoms with Gasteiger partial charge in [0.25, 0.3) is 0 Å². The number of morpholine rings is 1. The molecule has 2 bridgehead atoms. The van der Waals surface area contributed by atoms with E-state index in [1.54, 1.807) is 0 Å². The van der Waals surface area contributed by atoms with E-state index in [2.05, 4.69) is 18.7 Å². The first-order chi connectivity index (χ1) is 6.74. The maximum absolute atomic E-state index is 5.81. The highest BCUT2D eigenvalue weighted by atomic mass is 16.5. The summed E-state index contributed by atoms with van der Waals surface area (Å²) in [5.74, 6) is 0.854. The van der Waals surface area contributed by atoms with Gasteiger partial charge in [-0.15, -0.1) is 0 Å². The van der Waals surface area contributed by atoms with Gasteiger partial charge in [0.15, 0.2) is 0 Å². The first kappa shape index (κ1) is 10.4. The molecule has 2 rings (SSSR count). The molecule has 0 aliphatic carbocycles. The summed E-state index contributed by atoms with van der Waals surface area (Å²) in [6.45, 7) is 8.28. The molecule has 14 heavy (non-hydrogen) atoms. The van der Waals surface area contributed by atoms with Crippen molar-refractivity contribution in [3.63, 3.8) is 0 Å². The molecule has 2 aliphatic rings. The lowest BCUT2D eigenvalue weighted by Crippen LogP contribution is -2.42. The summed E-state index contributed by atoms with van der Waals surface area (Å²) in [5, 5.41) is 0. The SMILES string of the molecule is CC(C)CCCN1CC2CCC(C1)O2. The van der Waals surface area contributed by atoms with Crippen LogP contribution in [0.2, 0.25) is 0 Å². The molecular weight excluding hydrogens is 174 g/mol. The van der Waals surface area contributed by atoms with Crippen LogP contribution in [0.1, 0.15) is 39.5 Å². The Hall–Kier alpha value is -0.0800. The van der Waals surface area contributed by atoms with Crippen LogP contribution in [-0.2, 0) is 4.74 Å². The molecule has 2 fully saturated rings. The Bertz CT molecular complexity index is 169. The highest BCUT2D eigenvalue weighted by molar-refractivity contribution is 4.84. The molecule has 2 heterocycles. The molecule has 0 aromatic carbocycles. The Morgan fingerprint density at radius 1 is 1.21 bits per heavy atom. The Morgan fingerprint density at radius 2 is 1.86 bits per heavy atom. The lowest BCUT2D eigenvalue weighted by Gasteiger charge is -2.32. The van der Waals surface area contributed by atoms with E-state index < -0.39 is 0 Å². The minimum atomic E-state index is 0.563. The number of ether oxygens (including phenoxy) is 1. The van der Waals surface area contributed by atoms with Gasteiger partial charge in [0.1, 0.15) is 0 Å². The van der Waals surface area contributed by atoms with Crippen molar-refractivity contribution >= 4 is 0 Å². The third kappa shape index (κ3) is 2.71. The quantitative estimate of drug-likeness (QED) is 0.685. The van der Waals surface area contributed by atoms with Gasteiger partial charge in [-0.05, 0) is 38.1 Å². The summed E-state index contributed by atoms with van der Waals surface area (Å²) in [6.07, 6.45) is 6.45. The number of hydrogen-bond donors (Lipinski definition) is 0. The monoisotopic (exact) mass is 197 g/mol. The fourth-order valence-corrected chi connectivity index (χ4v) is 2.60. The highest BCUT2D eigenvalue weighted by Gasteiger charge is 2.33. The van der Waals surface area contributed by atoms with E-state index in [0.717, 1.165) is 5.92 Å². The second-order valence-electron chi connectivity index (χ2n) is 5.25. The molecule has 0 aromatic rings. The third-order valence-corrected chi connectivity index (χ3v) is 3.38. The molecule has 0 radical (unpaired) electrons. The predicted octanol–water partition coefficient (Wildman–Crippen LogP) is 2.29. The predicted molar refractivity (Wildman–Crippen MR) is 58.4 cm³/mol. The first-order valence-corrected chi connectivity index (χ1v) is 6.12. The summed E-state index contributed by atoms with van der Waals surface area (Å²) in [4.78, 5) is 2.61. The standard InChI is InChI=1S/C12H23NO/c1-10(2)4-3-7-13-8-11-5-6-12(9-13)14-11/h10-12H,3-9H2,1-2H3. The fourth-order valence-electron chi connectivity index (χ4n) is 2.60. The molecule has 0 amide bonds. The van der Waals surface area contributed by atoms with Gasteiger partial charge in [0.2, 0.25) is 0 Å². The number of fused-ring (bicyclic) bond motifs is 2. The molecule has 0 saturated carbocycles. The van der Waals surface area contributed by atoms with E-state index in [1.807, 2.05) is 0 Å². The van der Waals surface area contributed by atoms with E-state index in [0.29, 0.717) is 12.2 Å². The fraction of sp³-hybridized carbons (Fsp3) is 1.00. The average Bonchev–Trinajstić information content (AvgIpc) is 2.45. The second-order valence-corrected chi connectivity index (χ2v) is 5.25. The van der Waals surface area contributed by atoms with Gasteiger partial charge in [-0.2, -0.15) is 0 Å². The zero-order valence-electron chi connectivity index (χ0n) is 9.54. The Balaban J connectivity index is 1.67. The summed E-state index contributed by atoms with van der Waals surface area (Å²) in [6, 6.07) is 0. The van der Waals surface area contributed by atoms with E-state index >= 15 is 0 Å². The minimum Gasteiger partial charge on any atom is -0.372 e. The van der Waals surface area contributed by atoms with Gasteiger partial charge in [0, 0.05) is 13.1 Å². The topological polar surface area (TPSA) is 12.5 Å². The van der Waals surface area contributed by atoms with Crippen LogP contribution in [0.4, 0.5) is 0 Å². The molecule has 2 aliphatic heterocycles. The zero-order chi connectivity index (χ0) is 9.97. The van der Waals surface area contributed by atoms with Crippen LogP contribution < -0.4 is 0 Å². The first-order valence-electron chi connectivity index (χ1n) is 6.12. The van der Waals surface area contributed by atoms with Crippen LogP contribution in [0.5, 0.6) is 0 Å². The maximum atomic E-state index is 5.81. The van der Waals surface area contributed by atoms with Gasteiger partial charge in [-0.25, -0.2) is 0 Å². The van der Waals surface area contributed by atoms with Crippen LogP contribution in [0.3, 0.4) is 0 Å². The van der Waals surface area contributed by atoms with Crippen LogP contribution in [-0.4, -0.2) is 36.7 Å². The molecular formula is C12H23NO. The number of hydrogen-bond acceptors (Lipinski definition) is 2. The van der Waals surface area contributed by atoms with Gasteiger partial charge in [-0.1, -0.05) is 13.8 Å². The maximum Gasteiger partial charge on any atom is 0.0707 e. The van der Waals surface area contributed by atoms with Crippen molar-refractivity contribution in [2.75, 3.05) is 19.6 Å². The Kier molecular flexibility index (Phi) is 3.45. The minimum absolute atomic E-state index is 0.563. The van der Waals surface area contributed by atoms with E-state index in [1.165, 1.54) is 45.3 Å². The van der Waals surface area contributed by atoms with E-state index in [4.69, 9.17) is 4.74 Å². The van der Waals surface area contributed by atoms with E-state index in [9.17, 15) is 0 Å². The third-order valence-electron chi connectivity index (χ3n) is 3.38. The summed E-state index contributed by atoms with van der Waals surface area (Å²) in [5.41, 5.74) is 0. The van der Waals surface area contributed by atoms with Crippen molar-refractivity contribution in [3.05, 3.63) is 0 Å². The van der Waals surface area contributed by atoms with E-state index in [-0.39, 0.29) is 0 Å². The van der Waals surface area contributed by atoms with Crippen molar-refractivity contribution in [1.82, 2.24) is 4.90 Å². The van der Waals surface area contributed by atoms with Crippen molar-refractivity contribution in [3.8, 4) is 0 Å². The number of rotatable bonds is 4. The highest BCUT2D eigenvalue weighted by Crippen LogP contribution is 2.26. The van der Waals surface area contributed by atoms with Crippen LogP contribution >= 0.6 is 0 Å². The molecule has 2 nitrogen and oxygen atoms in total. The smallest absolute Gasteiger partial charge is 0.0707 e. The lowest BCUT2D eigenvalue weighted by molar-refractivity contribution is -0.0386. The summed E-state index contributed by atoms with van der Waals surface area (Å²) >= 11 is 0. The second kappa shape index (κ2) is 4.63. The molecule has 2 atom stereocenters. The average molecular weight is 197 g/mol. The number of likely N-dealkylation sites (tertiary alicyclic amines) is 1. The van der Waals surface area contributed by atoms with Crippen LogP contribution in [0.15, 0.2) is 0 Å². The van der Waals surface area contributed by atoms with Gasteiger partial charge >= 0.3 is 0 Å². The Morgan fingerprint density at radius 3 is 2.43 bits per heavy atom. The van der Waals surface area contributed by atoms with Crippen molar-refractivity contribution in [2.24, 2.45) is 5.92 Å². The lowest BCUT2D eigenvalue weighted by atomic mass is 10.1. The van der Waals surface area contributed by atoms with Gasteiger partial charge in [0.05, 0.1) is 12.2 Å². The van der Waals surface area contributed by atoms with Crippen LogP contribution in [0.25, 0.3) is 0 Å². The molecule has 2 heteroatoms.